The lowest BCUT2D eigenvalue weighted by Gasteiger charge is -2.24. The Morgan fingerprint density at radius 3 is 1.27 bits per heavy atom. The van der Waals surface area contributed by atoms with Crippen molar-refractivity contribution in [3.8, 4) is 0 Å². The highest BCUT2D eigenvalue weighted by molar-refractivity contribution is 5.77. The Bertz CT molecular complexity index is 1230. The highest BCUT2D eigenvalue weighted by Crippen LogP contribution is 2.18. The number of hydrogen-bond donors (Lipinski definition) is 3. The van der Waals surface area contributed by atoms with Crippen molar-refractivity contribution in [3.05, 3.63) is 72.9 Å². The van der Waals surface area contributed by atoms with Crippen LogP contribution in [0.3, 0.4) is 0 Å². The van der Waals surface area contributed by atoms with Crippen molar-refractivity contribution in [2.45, 2.75) is 296 Å². The Hall–Kier alpha value is -2.70. The lowest BCUT2D eigenvalue weighted by atomic mass is 10.0. The number of nitrogens with one attached hydrogen (secondary N) is 1. The molecule has 0 bridgehead atoms. The van der Waals surface area contributed by atoms with Gasteiger partial charge in [-0.25, -0.2) is 0 Å². The van der Waals surface area contributed by atoms with Gasteiger partial charge in [-0.1, -0.05) is 267 Å². The summed E-state index contributed by atoms with van der Waals surface area (Å²) in [5.41, 5.74) is 0. The van der Waals surface area contributed by atoms with Crippen molar-refractivity contribution in [1.82, 2.24) is 5.32 Å². The van der Waals surface area contributed by atoms with Crippen LogP contribution in [0.25, 0.3) is 0 Å². The number of aliphatic hydroxyl groups is 2. The number of carbonyl (C=O) groups excluding carboxylic acids is 2. The van der Waals surface area contributed by atoms with E-state index < -0.39 is 18.2 Å². The third kappa shape index (κ3) is 49.5. The molecule has 0 aliphatic heterocycles. The van der Waals surface area contributed by atoms with Crippen molar-refractivity contribution in [2.24, 2.45) is 0 Å². The lowest BCUT2D eigenvalue weighted by molar-refractivity contribution is -0.151. The van der Waals surface area contributed by atoms with Gasteiger partial charge in [0.2, 0.25) is 5.91 Å². The fourth-order valence-electron chi connectivity index (χ4n) is 8.52. The van der Waals surface area contributed by atoms with Gasteiger partial charge in [0.1, 0.15) is 6.10 Å². The van der Waals surface area contributed by atoms with Crippen molar-refractivity contribution in [1.29, 1.82) is 0 Å². The molecule has 0 radical (unpaired) electrons. The van der Waals surface area contributed by atoms with Gasteiger partial charge in [-0.3, -0.25) is 9.59 Å². The lowest BCUT2D eigenvalue weighted by Crippen LogP contribution is -2.46. The van der Waals surface area contributed by atoms with Crippen LogP contribution < -0.4 is 5.32 Å². The molecule has 0 heterocycles. The number of carbonyl (C=O) groups is 2. The predicted molar refractivity (Wildman–Crippen MR) is 291 cm³/mol. The summed E-state index contributed by atoms with van der Waals surface area (Å²) in [6.07, 6.45) is 69.6. The van der Waals surface area contributed by atoms with Crippen LogP contribution in [0.15, 0.2) is 72.9 Å². The molecule has 3 N–H and O–H groups in total. The number of amides is 1. The first-order valence-corrected chi connectivity index (χ1v) is 28.7. The maximum atomic E-state index is 13.3. The largest absolute Gasteiger partial charge is 0.462 e. The molecule has 0 aromatic heterocycles. The Morgan fingerprint density at radius 2 is 0.806 bits per heavy atom. The van der Waals surface area contributed by atoms with Gasteiger partial charge < -0.3 is 20.3 Å². The molecule has 6 heteroatoms. The summed E-state index contributed by atoms with van der Waals surface area (Å²) < 4.78 is 5.94. The van der Waals surface area contributed by atoms with Gasteiger partial charge in [-0.15, -0.1) is 0 Å². The van der Waals surface area contributed by atoms with E-state index >= 15 is 0 Å². The summed E-state index contributed by atoms with van der Waals surface area (Å²) in [7, 11) is 0. The van der Waals surface area contributed by atoms with Gasteiger partial charge in [0.15, 0.2) is 0 Å². The van der Waals surface area contributed by atoms with E-state index in [1.54, 1.807) is 0 Å². The quantitative estimate of drug-likeness (QED) is 0.0244. The maximum Gasteiger partial charge on any atom is 0.306 e. The van der Waals surface area contributed by atoms with Crippen LogP contribution >= 0.6 is 0 Å². The summed E-state index contributed by atoms with van der Waals surface area (Å²) in [6.45, 7) is 6.40. The molecule has 0 saturated carbocycles. The van der Waals surface area contributed by atoms with Crippen LogP contribution in [0, 0.1) is 0 Å². The van der Waals surface area contributed by atoms with Crippen molar-refractivity contribution < 1.29 is 24.5 Å². The number of unbranched alkanes of at least 4 members (excludes halogenated alkanes) is 31. The molecule has 1 amide bonds. The second kappa shape index (κ2) is 54.2. The highest BCUT2D eigenvalue weighted by Gasteiger charge is 2.24. The van der Waals surface area contributed by atoms with Crippen LogP contribution in [-0.4, -0.2) is 46.9 Å². The number of rotatable bonds is 51. The van der Waals surface area contributed by atoms with Gasteiger partial charge in [0.25, 0.3) is 0 Å². The summed E-state index contributed by atoms with van der Waals surface area (Å²) in [5, 5.41) is 23.9. The van der Waals surface area contributed by atoms with Crippen molar-refractivity contribution in [3.63, 3.8) is 0 Å². The highest BCUT2D eigenvalue weighted by atomic mass is 16.5. The second-order valence-corrected chi connectivity index (χ2v) is 19.5. The molecule has 3 unspecified atom stereocenters. The number of hydrogen-bond acceptors (Lipinski definition) is 5. The zero-order chi connectivity index (χ0) is 48.8. The van der Waals surface area contributed by atoms with E-state index in [9.17, 15) is 19.8 Å². The van der Waals surface area contributed by atoms with Crippen LogP contribution in [0.2, 0.25) is 0 Å². The molecule has 0 aliphatic rings. The molecule has 0 aromatic rings. The van der Waals surface area contributed by atoms with Crippen LogP contribution in [0.1, 0.15) is 278 Å². The van der Waals surface area contributed by atoms with Crippen LogP contribution in [0.4, 0.5) is 0 Å². The second-order valence-electron chi connectivity index (χ2n) is 19.5. The predicted octanol–water partition coefficient (Wildman–Crippen LogP) is 17.7. The maximum absolute atomic E-state index is 13.3. The summed E-state index contributed by atoms with van der Waals surface area (Å²) in [6, 6.07) is -0.720. The van der Waals surface area contributed by atoms with E-state index in [0.717, 1.165) is 70.6 Å². The minimum absolute atomic E-state index is 0.0462. The molecular formula is C61H109NO5. The Labute approximate surface area is 415 Å². The SMILES string of the molecule is CCC/C=C/C=C/C=C/C=C/C=C/CCCCCC(CC(=O)NC(CO)C(O)CCCCCCCCCCCCCCCCC)OC(=O)CCCCCCCCC/C=C/CCCCCCCC. The fourth-order valence-corrected chi connectivity index (χ4v) is 8.52. The third-order valence-electron chi connectivity index (χ3n) is 12.9. The van der Waals surface area contributed by atoms with Gasteiger partial charge in [-0.05, 0) is 70.6 Å². The number of aliphatic hydroxyl groups excluding tert-OH is 2. The van der Waals surface area contributed by atoms with Gasteiger partial charge in [-0.2, -0.15) is 0 Å². The molecule has 0 aliphatic carbocycles. The van der Waals surface area contributed by atoms with Gasteiger partial charge >= 0.3 is 5.97 Å². The zero-order valence-electron chi connectivity index (χ0n) is 44.3. The minimum Gasteiger partial charge on any atom is -0.462 e. The van der Waals surface area contributed by atoms with E-state index in [0.29, 0.717) is 19.3 Å². The summed E-state index contributed by atoms with van der Waals surface area (Å²) in [4.78, 5) is 26.3. The molecule has 3 atom stereocenters. The smallest absolute Gasteiger partial charge is 0.306 e. The van der Waals surface area contributed by atoms with E-state index in [1.165, 1.54) is 161 Å². The van der Waals surface area contributed by atoms with E-state index in [4.69, 9.17) is 4.74 Å². The van der Waals surface area contributed by atoms with Crippen molar-refractivity contribution in [2.75, 3.05) is 6.61 Å². The molecule has 0 fully saturated rings. The topological polar surface area (TPSA) is 95.9 Å². The number of allylic oxidation sites excluding steroid dienone is 12. The van der Waals surface area contributed by atoms with Gasteiger partial charge in [0, 0.05) is 6.42 Å². The first-order chi connectivity index (χ1) is 33.0. The van der Waals surface area contributed by atoms with Gasteiger partial charge in [0.05, 0.1) is 25.2 Å². The fraction of sp³-hybridized carbons (Fsp3) is 0.770. The number of esters is 1. The van der Waals surface area contributed by atoms with E-state index in [1.807, 2.05) is 36.5 Å². The molecule has 6 nitrogen and oxygen atoms in total. The third-order valence-corrected chi connectivity index (χ3v) is 12.9. The first kappa shape index (κ1) is 64.3. The average molecular weight is 937 g/mol. The normalized spacial score (nSPS) is 13.7. The average Bonchev–Trinajstić information content (AvgIpc) is 3.32. The monoisotopic (exact) mass is 936 g/mol. The molecule has 388 valence electrons. The Morgan fingerprint density at radius 1 is 0.433 bits per heavy atom. The van der Waals surface area contributed by atoms with Crippen molar-refractivity contribution >= 4 is 11.9 Å². The van der Waals surface area contributed by atoms with E-state index in [-0.39, 0.29) is 24.9 Å². The minimum atomic E-state index is -0.804. The molecule has 0 spiro atoms. The summed E-state index contributed by atoms with van der Waals surface area (Å²) >= 11 is 0. The Kier molecular flexibility index (Phi) is 52.1. The Balaban J connectivity index is 4.65. The molecule has 0 aromatic carbocycles. The summed E-state index contributed by atoms with van der Waals surface area (Å²) in [5.74, 6) is -0.516. The van der Waals surface area contributed by atoms with E-state index in [2.05, 4.69) is 62.5 Å². The molecule has 0 rings (SSSR count). The number of ether oxygens (including phenoxy) is 1. The van der Waals surface area contributed by atoms with Crippen LogP contribution in [0.5, 0.6) is 0 Å². The first-order valence-electron chi connectivity index (χ1n) is 28.7. The molecular weight excluding hydrogens is 827 g/mol. The van der Waals surface area contributed by atoms with Crippen LogP contribution in [-0.2, 0) is 14.3 Å². The molecule has 67 heavy (non-hydrogen) atoms. The molecule has 0 saturated heterocycles. The standard InChI is InChI=1S/C61H109NO5/c1-4-7-10-13-16-19-22-25-28-30-33-36-39-42-45-48-51-54-61(66)67-57(52-49-46-43-40-37-34-32-29-26-23-20-17-14-11-8-5-2)55-60(65)62-58(56-63)59(64)53-50-47-44-41-38-35-31-27-24-21-18-15-12-9-6-3/h11,14,17,20,23,25-26,28-29,32,34,37,57-59,63-64H,4-10,12-13,15-16,18-19,21-22,24,27,30-31,33,35-36,38-56H2,1-3H3,(H,62,65)/b14-11+,20-17+,26-23+,28-25+,32-29+,37-34+. The zero-order valence-corrected chi connectivity index (χ0v) is 44.3.